The van der Waals surface area contributed by atoms with Crippen LogP contribution in [0.4, 0.5) is 4.79 Å². The molecule has 0 unspecified atom stereocenters. The predicted molar refractivity (Wildman–Crippen MR) is 96.0 cm³/mol. The third-order valence-electron chi connectivity index (χ3n) is 4.69. The molecule has 7 heteroatoms. The highest BCUT2D eigenvalue weighted by molar-refractivity contribution is 5.83. The molecule has 0 aromatic heterocycles. The van der Waals surface area contributed by atoms with Gasteiger partial charge in [0, 0.05) is 6.04 Å². The number of rotatable bonds is 8. The standard InChI is InChI=1S/C19H33NO6/c1-10(2)9-24-19(23)26-18(22)13(11(3)4)7-15(20)16-8-14(12(5)6)17(21)25-16/h10-16H,7-9,20H2,1-6H3/t13-,14-,15+,16-/m0/s1. The summed E-state index contributed by atoms with van der Waals surface area (Å²) in [5.74, 6) is -1.38. The van der Waals surface area contributed by atoms with Crippen molar-refractivity contribution in [2.75, 3.05) is 6.61 Å². The Morgan fingerprint density at radius 2 is 1.81 bits per heavy atom. The Morgan fingerprint density at radius 1 is 1.19 bits per heavy atom. The van der Waals surface area contributed by atoms with Crippen molar-refractivity contribution in [1.29, 1.82) is 0 Å². The fourth-order valence-electron chi connectivity index (χ4n) is 2.95. The van der Waals surface area contributed by atoms with Gasteiger partial charge in [-0.15, -0.1) is 0 Å². The summed E-state index contributed by atoms with van der Waals surface area (Å²) in [4.78, 5) is 35.9. The van der Waals surface area contributed by atoms with Crippen molar-refractivity contribution in [2.45, 2.75) is 66.5 Å². The second-order valence-corrected chi connectivity index (χ2v) is 8.19. The SMILES string of the molecule is CC(C)COC(=O)OC(=O)[C@@H](C[C@@H](N)[C@@H]1C[C@@H](C(C)C)C(=O)O1)C(C)C. The molecule has 0 aromatic rings. The van der Waals surface area contributed by atoms with Crippen molar-refractivity contribution < 1.29 is 28.6 Å². The number of nitrogens with two attached hydrogens (primary N) is 1. The number of cyclic esters (lactones) is 1. The van der Waals surface area contributed by atoms with Crippen molar-refractivity contribution in [2.24, 2.45) is 35.3 Å². The number of ether oxygens (including phenoxy) is 3. The third-order valence-corrected chi connectivity index (χ3v) is 4.69. The second-order valence-electron chi connectivity index (χ2n) is 8.19. The quantitative estimate of drug-likeness (QED) is 0.516. The lowest BCUT2D eigenvalue weighted by atomic mass is 9.85. The van der Waals surface area contributed by atoms with Crippen molar-refractivity contribution in [3.05, 3.63) is 0 Å². The molecule has 2 N–H and O–H groups in total. The van der Waals surface area contributed by atoms with Gasteiger partial charge in [0.15, 0.2) is 0 Å². The Morgan fingerprint density at radius 3 is 2.27 bits per heavy atom. The average molecular weight is 371 g/mol. The Balaban J connectivity index is 2.63. The lowest BCUT2D eigenvalue weighted by molar-refractivity contribution is -0.147. The minimum Gasteiger partial charge on any atom is -0.460 e. The van der Waals surface area contributed by atoms with Gasteiger partial charge in [-0.05, 0) is 30.6 Å². The van der Waals surface area contributed by atoms with Crippen LogP contribution in [0.15, 0.2) is 0 Å². The van der Waals surface area contributed by atoms with Crippen molar-refractivity contribution in [1.82, 2.24) is 0 Å². The highest BCUT2D eigenvalue weighted by Gasteiger charge is 2.41. The summed E-state index contributed by atoms with van der Waals surface area (Å²) in [6, 6.07) is -0.491. The minimum absolute atomic E-state index is 0.0792. The number of carbonyl (C=O) groups excluding carboxylic acids is 3. The van der Waals surface area contributed by atoms with E-state index in [-0.39, 0.29) is 42.7 Å². The van der Waals surface area contributed by atoms with E-state index in [9.17, 15) is 14.4 Å². The van der Waals surface area contributed by atoms with E-state index in [1.54, 1.807) is 0 Å². The van der Waals surface area contributed by atoms with E-state index in [4.69, 9.17) is 19.9 Å². The number of esters is 2. The highest BCUT2D eigenvalue weighted by Crippen LogP contribution is 2.31. The molecule has 1 fully saturated rings. The van der Waals surface area contributed by atoms with E-state index < -0.39 is 30.2 Å². The van der Waals surface area contributed by atoms with E-state index in [1.165, 1.54) is 0 Å². The van der Waals surface area contributed by atoms with Crippen molar-refractivity contribution >= 4 is 18.1 Å². The number of carbonyl (C=O) groups is 3. The van der Waals surface area contributed by atoms with Crippen LogP contribution in [0.3, 0.4) is 0 Å². The lowest BCUT2D eigenvalue weighted by Crippen LogP contribution is -2.40. The van der Waals surface area contributed by atoms with Gasteiger partial charge in [-0.25, -0.2) is 4.79 Å². The van der Waals surface area contributed by atoms with Crippen molar-refractivity contribution in [3.8, 4) is 0 Å². The molecule has 1 heterocycles. The van der Waals surface area contributed by atoms with Gasteiger partial charge in [-0.2, -0.15) is 0 Å². The highest BCUT2D eigenvalue weighted by atomic mass is 16.7. The largest absolute Gasteiger partial charge is 0.516 e. The molecule has 0 saturated carbocycles. The first-order chi connectivity index (χ1) is 12.0. The van der Waals surface area contributed by atoms with E-state index in [0.29, 0.717) is 6.42 Å². The van der Waals surface area contributed by atoms with Gasteiger partial charge in [0.25, 0.3) is 0 Å². The number of hydrogen-bond donors (Lipinski definition) is 1. The zero-order valence-electron chi connectivity index (χ0n) is 16.7. The zero-order chi connectivity index (χ0) is 20.0. The van der Waals surface area contributed by atoms with Crippen LogP contribution in [0.1, 0.15) is 54.4 Å². The molecule has 0 aromatic carbocycles. The zero-order valence-corrected chi connectivity index (χ0v) is 16.7. The van der Waals surface area contributed by atoms with Gasteiger partial charge < -0.3 is 19.9 Å². The van der Waals surface area contributed by atoms with Gasteiger partial charge in [-0.3, -0.25) is 9.59 Å². The van der Waals surface area contributed by atoms with Gasteiger partial charge in [0.1, 0.15) is 6.10 Å². The van der Waals surface area contributed by atoms with Crippen molar-refractivity contribution in [3.63, 3.8) is 0 Å². The Labute approximate surface area is 155 Å². The summed E-state index contributed by atoms with van der Waals surface area (Å²) in [7, 11) is 0. The maximum absolute atomic E-state index is 12.3. The van der Waals surface area contributed by atoms with Gasteiger partial charge in [0.2, 0.25) is 0 Å². The van der Waals surface area contributed by atoms with E-state index in [0.717, 1.165) is 0 Å². The fourth-order valence-corrected chi connectivity index (χ4v) is 2.95. The first-order valence-corrected chi connectivity index (χ1v) is 9.37. The Hall–Kier alpha value is -1.63. The second kappa shape index (κ2) is 9.90. The van der Waals surface area contributed by atoms with Crippen LogP contribution in [-0.4, -0.2) is 36.8 Å². The van der Waals surface area contributed by atoms with Crippen LogP contribution in [0.2, 0.25) is 0 Å². The average Bonchev–Trinajstić information content (AvgIpc) is 2.92. The normalized spacial score (nSPS) is 22.5. The predicted octanol–water partition coefficient (Wildman–Crippen LogP) is 2.90. The summed E-state index contributed by atoms with van der Waals surface area (Å²) < 4.78 is 15.1. The van der Waals surface area contributed by atoms with Crippen LogP contribution in [-0.2, 0) is 23.8 Å². The molecule has 26 heavy (non-hydrogen) atoms. The summed E-state index contributed by atoms with van der Waals surface area (Å²) in [6.07, 6.45) is -0.586. The summed E-state index contributed by atoms with van der Waals surface area (Å²) >= 11 is 0. The van der Waals surface area contributed by atoms with Crippen LogP contribution < -0.4 is 5.73 Å². The van der Waals surface area contributed by atoms with E-state index in [1.807, 2.05) is 41.5 Å². The molecule has 0 aliphatic carbocycles. The fraction of sp³-hybridized carbons (Fsp3) is 0.842. The minimum atomic E-state index is -0.991. The molecular weight excluding hydrogens is 338 g/mol. The molecule has 1 aliphatic heterocycles. The van der Waals surface area contributed by atoms with E-state index >= 15 is 0 Å². The lowest BCUT2D eigenvalue weighted by Gasteiger charge is -2.25. The van der Waals surface area contributed by atoms with Crippen LogP contribution in [0.25, 0.3) is 0 Å². The van der Waals surface area contributed by atoms with Crippen LogP contribution in [0.5, 0.6) is 0 Å². The molecule has 150 valence electrons. The molecule has 7 nitrogen and oxygen atoms in total. The Bertz CT molecular complexity index is 502. The van der Waals surface area contributed by atoms with Gasteiger partial charge >= 0.3 is 18.1 Å². The summed E-state index contributed by atoms with van der Waals surface area (Å²) in [6.45, 7) is 11.6. The molecule has 0 radical (unpaired) electrons. The first-order valence-electron chi connectivity index (χ1n) is 9.37. The monoisotopic (exact) mass is 371 g/mol. The van der Waals surface area contributed by atoms with Crippen LogP contribution in [0, 0.1) is 29.6 Å². The maximum atomic E-state index is 12.3. The molecule has 0 amide bonds. The molecule has 0 bridgehead atoms. The molecule has 1 saturated heterocycles. The topological polar surface area (TPSA) is 105 Å². The first kappa shape index (κ1) is 22.4. The molecule has 0 spiro atoms. The molecule has 1 rings (SSSR count). The van der Waals surface area contributed by atoms with Crippen LogP contribution >= 0.6 is 0 Å². The molecule has 1 aliphatic rings. The number of hydrogen-bond acceptors (Lipinski definition) is 7. The summed E-state index contributed by atoms with van der Waals surface area (Å²) in [5, 5.41) is 0. The Kier molecular flexibility index (Phi) is 8.53. The summed E-state index contributed by atoms with van der Waals surface area (Å²) in [5.41, 5.74) is 6.21. The third kappa shape index (κ3) is 6.59. The van der Waals surface area contributed by atoms with Gasteiger partial charge in [-0.1, -0.05) is 41.5 Å². The maximum Gasteiger partial charge on any atom is 0.516 e. The molecule has 4 atom stereocenters. The smallest absolute Gasteiger partial charge is 0.460 e. The molecular formula is C19H33NO6. The van der Waals surface area contributed by atoms with E-state index in [2.05, 4.69) is 0 Å². The van der Waals surface area contributed by atoms with Gasteiger partial charge in [0.05, 0.1) is 18.4 Å².